The highest BCUT2D eigenvalue weighted by Gasteiger charge is 2.23. The number of aromatic nitrogens is 2. The van der Waals surface area contributed by atoms with E-state index in [-0.39, 0.29) is 5.56 Å². The molecule has 150 valence electrons. The van der Waals surface area contributed by atoms with Crippen LogP contribution in [0.25, 0.3) is 0 Å². The van der Waals surface area contributed by atoms with Gasteiger partial charge >= 0.3 is 0 Å². The summed E-state index contributed by atoms with van der Waals surface area (Å²) < 4.78 is 0. The van der Waals surface area contributed by atoms with Gasteiger partial charge in [0.25, 0.3) is 5.56 Å². The van der Waals surface area contributed by atoms with Gasteiger partial charge in [-0.15, -0.1) is 0 Å². The van der Waals surface area contributed by atoms with Crippen molar-refractivity contribution in [1.82, 2.24) is 14.9 Å². The van der Waals surface area contributed by atoms with Gasteiger partial charge in [-0.25, -0.2) is 4.98 Å². The molecule has 3 aromatic rings. The van der Waals surface area contributed by atoms with E-state index in [0.29, 0.717) is 25.9 Å². The molecule has 0 unspecified atom stereocenters. The second-order valence-corrected chi connectivity index (χ2v) is 7.93. The van der Waals surface area contributed by atoms with E-state index in [1.54, 1.807) is 0 Å². The van der Waals surface area contributed by atoms with E-state index in [2.05, 4.69) is 35.0 Å². The summed E-state index contributed by atoms with van der Waals surface area (Å²) in [5.41, 5.74) is 5.04. The molecule has 0 saturated carbocycles. The Balaban J connectivity index is 1.42. The lowest BCUT2D eigenvalue weighted by Gasteiger charge is -2.29. The summed E-state index contributed by atoms with van der Waals surface area (Å²) in [7, 11) is 0. The zero-order valence-electron chi connectivity index (χ0n) is 16.8. The van der Waals surface area contributed by atoms with Gasteiger partial charge in [0, 0.05) is 32.5 Å². The van der Waals surface area contributed by atoms with Crippen molar-refractivity contribution in [2.45, 2.75) is 38.8 Å². The van der Waals surface area contributed by atoms with Crippen molar-refractivity contribution < 1.29 is 5.11 Å². The fourth-order valence-electron chi connectivity index (χ4n) is 4.04. The fourth-order valence-corrected chi connectivity index (χ4v) is 4.04. The highest BCUT2D eigenvalue weighted by atomic mass is 16.3. The predicted molar refractivity (Wildman–Crippen MR) is 114 cm³/mol. The molecule has 1 aromatic heterocycles. The van der Waals surface area contributed by atoms with E-state index < -0.39 is 6.10 Å². The van der Waals surface area contributed by atoms with Crippen LogP contribution in [-0.4, -0.2) is 39.2 Å². The minimum atomic E-state index is -0.452. The normalized spacial score (nSPS) is 15.1. The highest BCUT2D eigenvalue weighted by molar-refractivity contribution is 5.27. The third kappa shape index (κ3) is 5.00. The monoisotopic (exact) mass is 389 g/mol. The SMILES string of the molecule is Cc1cccc(Cc2nc3c(c(=O)[nH]2)CN(C[C@H](O)Cc2ccccc2)CC3)c1. The second kappa shape index (κ2) is 8.72. The molecule has 29 heavy (non-hydrogen) atoms. The third-order valence-electron chi connectivity index (χ3n) is 5.43. The van der Waals surface area contributed by atoms with Crippen LogP contribution < -0.4 is 5.56 Å². The lowest BCUT2D eigenvalue weighted by molar-refractivity contribution is 0.105. The molecule has 1 aliphatic heterocycles. The van der Waals surface area contributed by atoms with Crippen LogP contribution in [0.5, 0.6) is 0 Å². The van der Waals surface area contributed by atoms with Gasteiger partial charge in [-0.2, -0.15) is 0 Å². The van der Waals surface area contributed by atoms with E-state index in [9.17, 15) is 9.90 Å². The average Bonchev–Trinajstić information content (AvgIpc) is 2.69. The number of nitrogens with one attached hydrogen (secondary N) is 1. The van der Waals surface area contributed by atoms with Gasteiger partial charge in [0.15, 0.2) is 0 Å². The van der Waals surface area contributed by atoms with Crippen LogP contribution >= 0.6 is 0 Å². The van der Waals surface area contributed by atoms with Crippen molar-refractivity contribution >= 4 is 0 Å². The molecular weight excluding hydrogens is 362 g/mol. The first-order valence-corrected chi connectivity index (χ1v) is 10.2. The van der Waals surface area contributed by atoms with Gasteiger partial charge in [0.05, 0.1) is 17.4 Å². The Hall–Kier alpha value is -2.76. The van der Waals surface area contributed by atoms with Gasteiger partial charge in [0.1, 0.15) is 5.82 Å². The van der Waals surface area contributed by atoms with Crippen LogP contribution in [0.4, 0.5) is 0 Å². The Morgan fingerprint density at radius 3 is 2.72 bits per heavy atom. The molecule has 2 heterocycles. The standard InChI is InChI=1S/C24H27N3O2/c1-17-6-5-9-19(12-17)14-23-25-22-10-11-27(16-21(22)24(29)26-23)15-20(28)13-18-7-3-2-4-8-18/h2-9,12,20,28H,10-11,13-16H2,1H3,(H,25,26,29)/t20-/m1/s1. The van der Waals surface area contributed by atoms with E-state index in [1.165, 1.54) is 5.56 Å². The number of β-amino-alcohol motifs (C(OH)–C–C–N with tert-alkyl or cyclic N) is 1. The summed E-state index contributed by atoms with van der Waals surface area (Å²) in [6.07, 6.45) is 1.53. The number of fused-ring (bicyclic) bond motifs is 1. The topological polar surface area (TPSA) is 69.2 Å². The number of hydrogen-bond acceptors (Lipinski definition) is 4. The lowest BCUT2D eigenvalue weighted by Crippen LogP contribution is -2.40. The number of aliphatic hydroxyl groups is 1. The maximum atomic E-state index is 12.7. The maximum Gasteiger partial charge on any atom is 0.255 e. The largest absolute Gasteiger partial charge is 0.391 e. The first kappa shape index (κ1) is 19.6. The van der Waals surface area contributed by atoms with Crippen LogP contribution in [0.1, 0.15) is 33.8 Å². The zero-order chi connectivity index (χ0) is 20.2. The van der Waals surface area contributed by atoms with E-state index in [0.717, 1.165) is 41.2 Å². The summed E-state index contributed by atoms with van der Waals surface area (Å²) >= 11 is 0. The third-order valence-corrected chi connectivity index (χ3v) is 5.43. The minimum Gasteiger partial charge on any atom is -0.391 e. The van der Waals surface area contributed by atoms with Crippen molar-refractivity contribution in [3.63, 3.8) is 0 Å². The number of rotatable bonds is 6. The number of aromatic amines is 1. The Labute approximate surface area is 171 Å². The van der Waals surface area contributed by atoms with Gasteiger partial charge in [-0.1, -0.05) is 60.2 Å². The Morgan fingerprint density at radius 1 is 1.14 bits per heavy atom. The van der Waals surface area contributed by atoms with Gasteiger partial charge in [0.2, 0.25) is 0 Å². The van der Waals surface area contributed by atoms with Crippen molar-refractivity contribution in [3.8, 4) is 0 Å². The molecule has 5 nitrogen and oxygen atoms in total. The summed E-state index contributed by atoms with van der Waals surface area (Å²) in [5.74, 6) is 0.719. The van der Waals surface area contributed by atoms with Gasteiger partial charge in [-0.05, 0) is 24.5 Å². The van der Waals surface area contributed by atoms with Crippen LogP contribution in [0.15, 0.2) is 59.4 Å². The highest BCUT2D eigenvalue weighted by Crippen LogP contribution is 2.16. The number of H-pyrrole nitrogens is 1. The van der Waals surface area contributed by atoms with Crippen LogP contribution in [0.2, 0.25) is 0 Å². The molecule has 0 fully saturated rings. The molecule has 0 aliphatic carbocycles. The molecule has 4 rings (SSSR count). The Kier molecular flexibility index (Phi) is 5.88. The molecule has 1 aliphatic rings. The number of aryl methyl sites for hydroxylation is 1. The average molecular weight is 389 g/mol. The molecular formula is C24H27N3O2. The Morgan fingerprint density at radius 2 is 1.93 bits per heavy atom. The van der Waals surface area contributed by atoms with E-state index in [4.69, 9.17) is 4.98 Å². The first-order chi connectivity index (χ1) is 14.1. The van der Waals surface area contributed by atoms with Gasteiger partial charge in [-0.3, -0.25) is 9.69 Å². The fraction of sp³-hybridized carbons (Fsp3) is 0.333. The van der Waals surface area contributed by atoms with Gasteiger partial charge < -0.3 is 10.1 Å². The zero-order valence-corrected chi connectivity index (χ0v) is 16.8. The van der Waals surface area contributed by atoms with E-state index >= 15 is 0 Å². The molecule has 0 amide bonds. The van der Waals surface area contributed by atoms with E-state index in [1.807, 2.05) is 36.4 Å². The van der Waals surface area contributed by atoms with Crippen molar-refractivity contribution in [2.24, 2.45) is 0 Å². The number of nitrogens with zero attached hydrogens (tertiary/aromatic N) is 2. The van der Waals surface area contributed by atoms with Crippen molar-refractivity contribution in [1.29, 1.82) is 0 Å². The molecule has 0 radical (unpaired) electrons. The van der Waals surface area contributed by atoms with Crippen molar-refractivity contribution in [2.75, 3.05) is 13.1 Å². The molecule has 2 N–H and O–H groups in total. The molecule has 5 heteroatoms. The first-order valence-electron chi connectivity index (χ1n) is 10.2. The minimum absolute atomic E-state index is 0.0556. The summed E-state index contributed by atoms with van der Waals surface area (Å²) in [4.78, 5) is 22.5. The molecule has 2 aromatic carbocycles. The molecule has 0 saturated heterocycles. The number of benzene rings is 2. The van der Waals surface area contributed by atoms with Crippen LogP contribution in [-0.2, 0) is 25.8 Å². The second-order valence-electron chi connectivity index (χ2n) is 7.93. The molecule has 0 spiro atoms. The Bertz CT molecular complexity index is 1030. The number of aliphatic hydroxyl groups excluding tert-OH is 1. The summed E-state index contributed by atoms with van der Waals surface area (Å²) in [6, 6.07) is 18.3. The quantitative estimate of drug-likeness (QED) is 0.680. The predicted octanol–water partition coefficient (Wildman–Crippen LogP) is 2.63. The number of hydrogen-bond donors (Lipinski definition) is 2. The van der Waals surface area contributed by atoms with Crippen molar-refractivity contribution in [3.05, 3.63) is 98.7 Å². The summed E-state index contributed by atoms with van der Waals surface area (Å²) in [6.45, 7) is 3.96. The lowest BCUT2D eigenvalue weighted by atomic mass is 10.0. The smallest absolute Gasteiger partial charge is 0.255 e. The summed E-state index contributed by atoms with van der Waals surface area (Å²) in [5, 5.41) is 10.5. The molecule has 1 atom stereocenters. The van der Waals surface area contributed by atoms with Crippen LogP contribution in [0, 0.1) is 6.92 Å². The molecule has 0 bridgehead atoms. The maximum absolute atomic E-state index is 12.7. The van der Waals surface area contributed by atoms with Crippen LogP contribution in [0.3, 0.4) is 0 Å².